The van der Waals surface area contributed by atoms with Gasteiger partial charge in [-0.3, -0.25) is 19.2 Å². The van der Waals surface area contributed by atoms with Crippen molar-refractivity contribution in [3.05, 3.63) is 0 Å². The molecule has 0 aromatic rings. The summed E-state index contributed by atoms with van der Waals surface area (Å²) in [5.74, 6) is -1.93. The van der Waals surface area contributed by atoms with Gasteiger partial charge in [0, 0.05) is 32.7 Å². The third-order valence-electron chi connectivity index (χ3n) is 7.67. The molecule has 0 rings (SSSR count). The Bertz CT molecular complexity index is 682. The Balaban J connectivity index is 3.89. The van der Waals surface area contributed by atoms with Gasteiger partial charge in [-0.15, -0.1) is 0 Å². The maximum absolute atomic E-state index is 12.8. The van der Waals surface area contributed by atoms with Gasteiger partial charge in [-0.1, -0.05) is 104 Å². The van der Waals surface area contributed by atoms with Gasteiger partial charge in [0.15, 0.2) is 6.10 Å². The highest BCUT2D eigenvalue weighted by Crippen LogP contribution is 2.26. The molecule has 0 saturated carbocycles. The van der Waals surface area contributed by atoms with Gasteiger partial charge in [-0.2, -0.15) is 0 Å². The second-order valence-electron chi connectivity index (χ2n) is 11.3. The van der Waals surface area contributed by atoms with Gasteiger partial charge in [0.05, 0.1) is 6.61 Å². The Morgan fingerprint density at radius 2 is 1.08 bits per heavy atom. The number of carboxylic acids is 1. The van der Waals surface area contributed by atoms with Crippen molar-refractivity contribution in [1.82, 2.24) is 5.32 Å². The number of carbonyl (C=O) groups excluding carboxylic acids is 3. The minimum atomic E-state index is -0.860. The van der Waals surface area contributed by atoms with Crippen LogP contribution < -0.4 is 5.32 Å². The van der Waals surface area contributed by atoms with E-state index in [2.05, 4.69) is 5.32 Å². The molecule has 0 unspecified atom stereocenters. The van der Waals surface area contributed by atoms with Crippen molar-refractivity contribution < 1.29 is 33.8 Å². The molecule has 4 atom stereocenters. The molecule has 228 valence electrons. The zero-order valence-electron chi connectivity index (χ0n) is 25.4. The number of ether oxygens (including phenoxy) is 2. The van der Waals surface area contributed by atoms with Crippen LogP contribution in [0.25, 0.3) is 0 Å². The fourth-order valence-corrected chi connectivity index (χ4v) is 4.78. The molecule has 39 heavy (non-hydrogen) atoms. The first-order chi connectivity index (χ1) is 18.6. The highest BCUT2D eigenvalue weighted by atomic mass is 16.5. The lowest BCUT2D eigenvalue weighted by molar-refractivity contribution is -0.159. The smallest absolute Gasteiger partial charge is 0.303 e. The number of carbonyl (C=O) groups is 4. The molecule has 0 fully saturated rings. The second-order valence-corrected chi connectivity index (χ2v) is 11.3. The van der Waals surface area contributed by atoms with Gasteiger partial charge in [0.1, 0.15) is 0 Å². The maximum atomic E-state index is 12.8. The van der Waals surface area contributed by atoms with Crippen LogP contribution in [-0.4, -0.2) is 48.2 Å². The predicted octanol–water partition coefficient (Wildman–Crippen LogP) is 6.83. The molecule has 0 radical (unpaired) electrons. The molecule has 0 aliphatic rings. The van der Waals surface area contributed by atoms with Crippen LogP contribution in [0.5, 0.6) is 0 Å². The molecule has 0 aliphatic carbocycles. The Labute approximate surface area is 237 Å². The topological polar surface area (TPSA) is 119 Å². The molecule has 0 bridgehead atoms. The minimum Gasteiger partial charge on any atom is -0.481 e. The van der Waals surface area contributed by atoms with Crippen molar-refractivity contribution in [2.75, 3.05) is 13.2 Å². The third kappa shape index (κ3) is 21.4. The van der Waals surface area contributed by atoms with E-state index in [1.807, 2.05) is 20.8 Å². The summed E-state index contributed by atoms with van der Waals surface area (Å²) in [5, 5.41) is 11.6. The molecule has 0 spiro atoms. The summed E-state index contributed by atoms with van der Waals surface area (Å²) in [6.07, 6.45) is 17.0. The minimum absolute atomic E-state index is 0.0151. The zero-order valence-corrected chi connectivity index (χ0v) is 25.4. The van der Waals surface area contributed by atoms with Crippen molar-refractivity contribution in [3.63, 3.8) is 0 Å². The quantitative estimate of drug-likeness (QED) is 0.0935. The van der Waals surface area contributed by atoms with Gasteiger partial charge in [-0.05, 0) is 24.7 Å². The number of aliphatic carboxylic acids is 1. The molecule has 0 heterocycles. The predicted molar refractivity (Wildman–Crippen MR) is 154 cm³/mol. The molecule has 1 amide bonds. The molecule has 0 aliphatic heterocycles. The number of hydrogen-bond acceptors (Lipinski definition) is 6. The maximum Gasteiger partial charge on any atom is 0.303 e. The Kier molecular flexibility index (Phi) is 22.5. The number of rotatable bonds is 25. The van der Waals surface area contributed by atoms with E-state index < -0.39 is 18.0 Å². The van der Waals surface area contributed by atoms with Crippen molar-refractivity contribution in [1.29, 1.82) is 0 Å². The average molecular weight is 556 g/mol. The number of hydrogen-bond donors (Lipinski definition) is 2. The van der Waals surface area contributed by atoms with Crippen LogP contribution in [0.3, 0.4) is 0 Å². The Morgan fingerprint density at radius 1 is 0.641 bits per heavy atom. The number of unbranched alkanes of at least 4 members (excludes halogenated alkanes) is 14. The molecular formula is C31H57NO7. The molecule has 8 heteroatoms. The Morgan fingerprint density at radius 3 is 1.49 bits per heavy atom. The molecule has 0 saturated heterocycles. The van der Waals surface area contributed by atoms with Gasteiger partial charge < -0.3 is 19.9 Å². The lowest BCUT2D eigenvalue weighted by atomic mass is 9.81. The molecule has 2 N–H and O–H groups in total. The molecular weight excluding hydrogens is 498 g/mol. The summed E-state index contributed by atoms with van der Waals surface area (Å²) in [5.41, 5.74) is 0. The third-order valence-corrected chi connectivity index (χ3v) is 7.67. The van der Waals surface area contributed by atoms with E-state index in [1.54, 1.807) is 0 Å². The van der Waals surface area contributed by atoms with E-state index in [9.17, 15) is 19.2 Å². The van der Waals surface area contributed by atoms with Crippen molar-refractivity contribution in [3.8, 4) is 0 Å². The highest BCUT2D eigenvalue weighted by molar-refractivity contribution is 5.83. The number of amides is 1. The van der Waals surface area contributed by atoms with Crippen LogP contribution in [0.1, 0.15) is 137 Å². The van der Waals surface area contributed by atoms with Crippen LogP contribution in [0.15, 0.2) is 0 Å². The summed E-state index contributed by atoms with van der Waals surface area (Å²) in [4.78, 5) is 46.0. The van der Waals surface area contributed by atoms with Crippen LogP contribution in [0.4, 0.5) is 0 Å². The number of esters is 2. The monoisotopic (exact) mass is 555 g/mol. The van der Waals surface area contributed by atoms with Crippen molar-refractivity contribution in [2.24, 2.45) is 17.8 Å². The summed E-state index contributed by atoms with van der Waals surface area (Å²) in [6.45, 7) is 9.38. The number of carboxylic acid groups (broad SMARTS) is 1. The summed E-state index contributed by atoms with van der Waals surface area (Å²) in [6, 6.07) is 0. The lowest BCUT2D eigenvalue weighted by Gasteiger charge is -2.31. The van der Waals surface area contributed by atoms with Gasteiger partial charge >= 0.3 is 17.9 Å². The first kappa shape index (κ1) is 36.9. The van der Waals surface area contributed by atoms with Crippen LogP contribution >= 0.6 is 0 Å². The van der Waals surface area contributed by atoms with Crippen LogP contribution in [-0.2, 0) is 28.7 Å². The summed E-state index contributed by atoms with van der Waals surface area (Å²) < 4.78 is 10.5. The van der Waals surface area contributed by atoms with E-state index in [0.29, 0.717) is 13.0 Å². The molecule has 0 aromatic carbocycles. The van der Waals surface area contributed by atoms with Crippen molar-refractivity contribution in [2.45, 2.75) is 143 Å². The van der Waals surface area contributed by atoms with Gasteiger partial charge in [0.2, 0.25) is 0 Å². The van der Waals surface area contributed by atoms with E-state index in [-0.39, 0.29) is 36.2 Å². The molecule has 8 nitrogen and oxygen atoms in total. The Hall–Kier alpha value is -2.12. The van der Waals surface area contributed by atoms with E-state index in [4.69, 9.17) is 14.6 Å². The standard InChI is InChI=1S/C31H57NO7/c1-24(23-38-27(4)33)25(2)26(3)30(39-28(5)34)31(37)32-22-20-18-16-14-12-10-8-6-7-9-11-13-15-17-19-21-29(35)36/h24-26,30H,6-23H2,1-5H3,(H,32,37)(H,35,36)/t24-,25-,26+,30-/m1/s1. The normalized spacial score (nSPS) is 14.2. The average Bonchev–Trinajstić information content (AvgIpc) is 2.88. The van der Waals surface area contributed by atoms with Gasteiger partial charge in [-0.25, -0.2) is 0 Å². The lowest BCUT2D eigenvalue weighted by Crippen LogP contribution is -2.44. The largest absolute Gasteiger partial charge is 0.481 e. The highest BCUT2D eigenvalue weighted by Gasteiger charge is 2.34. The van der Waals surface area contributed by atoms with Crippen LogP contribution in [0.2, 0.25) is 0 Å². The van der Waals surface area contributed by atoms with E-state index >= 15 is 0 Å². The van der Waals surface area contributed by atoms with E-state index in [1.165, 1.54) is 71.6 Å². The second kappa shape index (κ2) is 23.7. The zero-order chi connectivity index (χ0) is 29.5. The summed E-state index contributed by atoms with van der Waals surface area (Å²) >= 11 is 0. The fraction of sp³-hybridized carbons (Fsp3) is 0.871. The fourth-order valence-electron chi connectivity index (χ4n) is 4.78. The molecule has 0 aromatic heterocycles. The first-order valence-corrected chi connectivity index (χ1v) is 15.4. The first-order valence-electron chi connectivity index (χ1n) is 15.4. The SMILES string of the molecule is CC(=O)OC[C@@H](C)[C@@H](C)[C@H](C)[C@@H](OC(C)=O)C(=O)NCCCCCCCCCCCCCCCCCC(=O)O. The summed E-state index contributed by atoms with van der Waals surface area (Å²) in [7, 11) is 0. The van der Waals surface area contributed by atoms with Gasteiger partial charge in [0.25, 0.3) is 5.91 Å². The van der Waals surface area contributed by atoms with E-state index in [0.717, 1.165) is 38.5 Å². The van der Waals surface area contributed by atoms with Crippen LogP contribution in [0, 0.1) is 17.8 Å². The van der Waals surface area contributed by atoms with Crippen molar-refractivity contribution >= 4 is 23.8 Å². The number of nitrogens with one attached hydrogen (secondary N) is 1.